The number of nitrogens with zero attached hydrogens (tertiary/aromatic N) is 1. The molecule has 0 saturated carbocycles. The van der Waals surface area contributed by atoms with Crippen LogP contribution in [0.1, 0.15) is 26.6 Å². The molecule has 0 radical (unpaired) electrons. The van der Waals surface area contributed by atoms with Crippen LogP contribution in [-0.2, 0) is 0 Å². The number of amides is 1. The topological polar surface area (TPSA) is 57.8 Å². The molecule has 2 aromatic heterocycles. The fraction of sp³-hybridized carbons (Fsp3) is 0.158. The van der Waals surface area contributed by atoms with Gasteiger partial charge in [-0.3, -0.25) is 4.79 Å². The van der Waals surface area contributed by atoms with Gasteiger partial charge in [0, 0.05) is 16.8 Å². The molecule has 24 heavy (non-hydrogen) atoms. The van der Waals surface area contributed by atoms with Crippen LogP contribution >= 0.6 is 11.3 Å². The van der Waals surface area contributed by atoms with Crippen molar-refractivity contribution in [2.45, 2.75) is 20.8 Å². The van der Waals surface area contributed by atoms with Crippen LogP contribution < -0.4 is 5.32 Å². The van der Waals surface area contributed by atoms with Gasteiger partial charge >= 0.3 is 0 Å². The highest BCUT2D eigenvalue weighted by Crippen LogP contribution is 2.27. The Labute approximate surface area is 143 Å². The van der Waals surface area contributed by atoms with Crippen LogP contribution in [0.15, 0.2) is 36.4 Å². The number of rotatable bonds is 2. The molecule has 0 unspecified atom stereocenters. The lowest BCUT2D eigenvalue weighted by Crippen LogP contribution is -2.12. The maximum absolute atomic E-state index is 12.7. The average Bonchev–Trinajstić information content (AvgIpc) is 3.06. The quantitative estimate of drug-likeness (QED) is 0.544. The number of aryl methyl sites for hydroxylation is 3. The number of H-pyrrole nitrogens is 1. The number of carbonyl (C=O) groups is 1. The number of aromatic nitrogens is 2. The van der Waals surface area contributed by atoms with Gasteiger partial charge in [-0.2, -0.15) is 0 Å². The van der Waals surface area contributed by atoms with Gasteiger partial charge in [0.25, 0.3) is 5.91 Å². The summed E-state index contributed by atoms with van der Waals surface area (Å²) in [5.74, 6) is -0.109. The summed E-state index contributed by atoms with van der Waals surface area (Å²) in [6, 6.07) is 11.6. The lowest BCUT2D eigenvalue weighted by Gasteiger charge is -2.06. The van der Waals surface area contributed by atoms with Crippen LogP contribution in [0.2, 0.25) is 0 Å². The number of para-hydroxylation sites is 1. The highest BCUT2D eigenvalue weighted by molar-refractivity contribution is 7.18. The summed E-state index contributed by atoms with van der Waals surface area (Å²) in [5, 5.41) is 5.12. The third-order valence-electron chi connectivity index (χ3n) is 4.34. The fourth-order valence-electron chi connectivity index (χ4n) is 2.99. The molecule has 0 atom stereocenters. The van der Waals surface area contributed by atoms with Gasteiger partial charge in [0.2, 0.25) is 0 Å². The van der Waals surface area contributed by atoms with Crippen molar-refractivity contribution in [3.63, 3.8) is 0 Å². The number of fused-ring (bicyclic) bond motifs is 2. The Balaban J connectivity index is 1.71. The minimum atomic E-state index is -0.109. The number of aromatic amines is 1. The van der Waals surface area contributed by atoms with E-state index in [1.165, 1.54) is 5.56 Å². The Hall–Kier alpha value is -2.66. The molecule has 2 heterocycles. The molecule has 0 bridgehead atoms. The molecule has 5 heteroatoms. The van der Waals surface area contributed by atoms with Gasteiger partial charge in [0.1, 0.15) is 0 Å². The van der Waals surface area contributed by atoms with E-state index in [0.29, 0.717) is 5.56 Å². The highest BCUT2D eigenvalue weighted by atomic mass is 32.1. The zero-order valence-electron chi connectivity index (χ0n) is 13.7. The predicted octanol–water partition coefficient (Wildman–Crippen LogP) is 4.96. The van der Waals surface area contributed by atoms with E-state index in [2.05, 4.69) is 22.2 Å². The summed E-state index contributed by atoms with van der Waals surface area (Å²) in [6.07, 6.45) is 0. The van der Waals surface area contributed by atoms with Gasteiger partial charge in [0.05, 0.1) is 26.3 Å². The maximum Gasteiger partial charge on any atom is 0.257 e. The van der Waals surface area contributed by atoms with Gasteiger partial charge in [-0.05, 0) is 50.6 Å². The lowest BCUT2D eigenvalue weighted by atomic mass is 10.1. The summed E-state index contributed by atoms with van der Waals surface area (Å²) >= 11 is 1.63. The minimum Gasteiger partial charge on any atom is -0.358 e. The zero-order chi connectivity index (χ0) is 16.8. The Kier molecular flexibility index (Phi) is 3.39. The summed E-state index contributed by atoms with van der Waals surface area (Å²) in [4.78, 5) is 20.5. The molecule has 2 aromatic carbocycles. The number of benzene rings is 2. The molecule has 2 N–H and O–H groups in total. The summed E-state index contributed by atoms with van der Waals surface area (Å²) in [5.41, 5.74) is 5.57. The molecule has 4 nitrogen and oxygen atoms in total. The first-order chi connectivity index (χ1) is 11.5. The molecule has 0 saturated heterocycles. The van der Waals surface area contributed by atoms with E-state index in [1.807, 2.05) is 50.2 Å². The number of anilines is 1. The molecule has 120 valence electrons. The fourth-order valence-corrected chi connectivity index (χ4v) is 3.85. The van der Waals surface area contributed by atoms with Gasteiger partial charge in [-0.1, -0.05) is 12.1 Å². The number of nitrogens with one attached hydrogen (secondary N) is 2. The Bertz CT molecular complexity index is 1090. The minimum absolute atomic E-state index is 0.109. The average molecular weight is 335 g/mol. The highest BCUT2D eigenvalue weighted by Gasteiger charge is 2.14. The number of hydrogen-bond donors (Lipinski definition) is 2. The van der Waals surface area contributed by atoms with Crippen LogP contribution in [0.25, 0.3) is 21.1 Å². The SMILES string of the molecule is Cc1nc2ccc(NC(=O)c3cccc4c(C)c(C)[nH]c34)cc2s1. The van der Waals surface area contributed by atoms with Crippen molar-refractivity contribution in [3.05, 3.63) is 58.2 Å². The number of thiazole rings is 1. The maximum atomic E-state index is 12.7. The molecule has 0 spiro atoms. The van der Waals surface area contributed by atoms with E-state index in [-0.39, 0.29) is 5.91 Å². The molecule has 4 aromatic rings. The molecular weight excluding hydrogens is 318 g/mol. The Morgan fingerprint density at radius 1 is 1.17 bits per heavy atom. The van der Waals surface area contributed by atoms with Crippen molar-refractivity contribution in [1.29, 1.82) is 0 Å². The van der Waals surface area contributed by atoms with Crippen LogP contribution in [0.4, 0.5) is 5.69 Å². The van der Waals surface area contributed by atoms with E-state index in [0.717, 1.165) is 37.5 Å². The number of hydrogen-bond acceptors (Lipinski definition) is 3. The Morgan fingerprint density at radius 2 is 2.00 bits per heavy atom. The smallest absolute Gasteiger partial charge is 0.257 e. The van der Waals surface area contributed by atoms with Crippen LogP contribution in [-0.4, -0.2) is 15.9 Å². The summed E-state index contributed by atoms with van der Waals surface area (Å²) in [6.45, 7) is 6.08. The van der Waals surface area contributed by atoms with Crippen molar-refractivity contribution in [2.75, 3.05) is 5.32 Å². The molecule has 1 amide bonds. The van der Waals surface area contributed by atoms with Gasteiger partial charge in [0.15, 0.2) is 0 Å². The third-order valence-corrected chi connectivity index (χ3v) is 5.27. The summed E-state index contributed by atoms with van der Waals surface area (Å²) in [7, 11) is 0. The zero-order valence-corrected chi connectivity index (χ0v) is 14.5. The second-order valence-electron chi connectivity index (χ2n) is 5.97. The van der Waals surface area contributed by atoms with Crippen LogP contribution in [0, 0.1) is 20.8 Å². The third kappa shape index (κ3) is 2.37. The molecule has 0 fully saturated rings. The van der Waals surface area contributed by atoms with E-state index in [9.17, 15) is 4.79 Å². The van der Waals surface area contributed by atoms with Gasteiger partial charge in [-0.15, -0.1) is 11.3 Å². The van der Waals surface area contributed by atoms with E-state index in [4.69, 9.17) is 0 Å². The standard InChI is InChI=1S/C19H17N3OS/c1-10-11(2)20-18-14(10)5-4-6-15(18)19(23)22-13-7-8-16-17(9-13)24-12(3)21-16/h4-9,20H,1-3H3,(H,22,23). The van der Waals surface area contributed by atoms with Crippen molar-refractivity contribution in [1.82, 2.24) is 9.97 Å². The van der Waals surface area contributed by atoms with Gasteiger partial charge in [-0.25, -0.2) is 4.98 Å². The van der Waals surface area contributed by atoms with Crippen molar-refractivity contribution >= 4 is 44.1 Å². The van der Waals surface area contributed by atoms with E-state index in [1.54, 1.807) is 11.3 Å². The van der Waals surface area contributed by atoms with E-state index >= 15 is 0 Å². The molecule has 0 aliphatic carbocycles. The summed E-state index contributed by atoms with van der Waals surface area (Å²) < 4.78 is 1.08. The monoisotopic (exact) mass is 335 g/mol. The Morgan fingerprint density at radius 3 is 2.83 bits per heavy atom. The van der Waals surface area contributed by atoms with Crippen molar-refractivity contribution < 1.29 is 4.79 Å². The molecule has 0 aliphatic heterocycles. The lowest BCUT2D eigenvalue weighted by molar-refractivity contribution is 0.102. The van der Waals surface area contributed by atoms with Crippen molar-refractivity contribution in [3.8, 4) is 0 Å². The molecular formula is C19H17N3OS. The van der Waals surface area contributed by atoms with E-state index < -0.39 is 0 Å². The van der Waals surface area contributed by atoms with Gasteiger partial charge < -0.3 is 10.3 Å². The van der Waals surface area contributed by atoms with Crippen LogP contribution in [0.3, 0.4) is 0 Å². The normalized spacial score (nSPS) is 11.3. The number of carbonyl (C=O) groups excluding carboxylic acids is 1. The predicted molar refractivity (Wildman–Crippen MR) is 100 cm³/mol. The van der Waals surface area contributed by atoms with Crippen molar-refractivity contribution in [2.24, 2.45) is 0 Å². The molecule has 0 aliphatic rings. The second-order valence-corrected chi connectivity index (χ2v) is 7.21. The first kappa shape index (κ1) is 14.9. The second kappa shape index (κ2) is 5.46. The molecule has 4 rings (SSSR count). The van der Waals surface area contributed by atoms with Crippen LogP contribution in [0.5, 0.6) is 0 Å². The first-order valence-corrected chi connectivity index (χ1v) is 8.61. The first-order valence-electron chi connectivity index (χ1n) is 7.79. The largest absolute Gasteiger partial charge is 0.358 e.